The highest BCUT2D eigenvalue weighted by Crippen LogP contribution is 2.21. The van der Waals surface area contributed by atoms with E-state index in [2.05, 4.69) is 4.90 Å². The Morgan fingerprint density at radius 3 is 2.35 bits per heavy atom. The van der Waals surface area contributed by atoms with Crippen molar-refractivity contribution in [3.63, 3.8) is 0 Å². The molecule has 0 spiro atoms. The topological polar surface area (TPSA) is 49.6 Å². The van der Waals surface area contributed by atoms with Gasteiger partial charge in [-0.2, -0.15) is 0 Å². The number of rotatable bonds is 3. The fraction of sp³-hybridized carbons (Fsp3) is 0.923. The first-order valence-electron chi connectivity index (χ1n) is 6.94. The third-order valence-corrected chi connectivity index (χ3v) is 3.97. The summed E-state index contributed by atoms with van der Waals surface area (Å²) < 4.78 is 0. The van der Waals surface area contributed by atoms with Gasteiger partial charge in [0.1, 0.15) is 0 Å². The molecular formula is C13H25N3O. The molecule has 2 rings (SSSR count). The van der Waals surface area contributed by atoms with Gasteiger partial charge >= 0.3 is 0 Å². The van der Waals surface area contributed by atoms with Crippen molar-refractivity contribution < 1.29 is 4.79 Å². The zero-order valence-corrected chi connectivity index (χ0v) is 10.9. The molecule has 2 N–H and O–H groups in total. The molecule has 4 nitrogen and oxygen atoms in total. The van der Waals surface area contributed by atoms with Crippen molar-refractivity contribution in [1.29, 1.82) is 0 Å². The van der Waals surface area contributed by atoms with Gasteiger partial charge in [0.05, 0.1) is 0 Å². The predicted molar refractivity (Wildman–Crippen MR) is 68.7 cm³/mol. The average molecular weight is 239 g/mol. The second-order valence-corrected chi connectivity index (χ2v) is 5.54. The summed E-state index contributed by atoms with van der Waals surface area (Å²) in [6.45, 7) is 6.27. The van der Waals surface area contributed by atoms with Gasteiger partial charge in [0.2, 0.25) is 5.91 Å². The lowest BCUT2D eigenvalue weighted by atomic mass is 10.0. The summed E-state index contributed by atoms with van der Waals surface area (Å²) in [7, 11) is 0. The molecule has 1 amide bonds. The van der Waals surface area contributed by atoms with Crippen LogP contribution in [-0.2, 0) is 4.79 Å². The standard InChI is InChI=1S/C13H25N3O/c1-11(14)10-13(17)16-8-4-12(5-9-16)15-6-2-3-7-15/h11-12H,2-10,14H2,1H3. The van der Waals surface area contributed by atoms with Crippen LogP contribution in [-0.4, -0.2) is 54.0 Å². The van der Waals surface area contributed by atoms with E-state index in [4.69, 9.17) is 5.73 Å². The Balaban J connectivity index is 1.75. The molecule has 0 bridgehead atoms. The minimum Gasteiger partial charge on any atom is -0.343 e. The van der Waals surface area contributed by atoms with Crippen LogP contribution < -0.4 is 5.73 Å². The van der Waals surface area contributed by atoms with Gasteiger partial charge in [-0.05, 0) is 45.7 Å². The summed E-state index contributed by atoms with van der Waals surface area (Å²) in [6, 6.07) is 0.704. The molecular weight excluding hydrogens is 214 g/mol. The van der Waals surface area contributed by atoms with Crippen LogP contribution >= 0.6 is 0 Å². The van der Waals surface area contributed by atoms with Gasteiger partial charge in [0, 0.05) is 31.6 Å². The smallest absolute Gasteiger partial charge is 0.224 e. The van der Waals surface area contributed by atoms with Crippen molar-refractivity contribution in [3.05, 3.63) is 0 Å². The molecule has 1 atom stereocenters. The zero-order chi connectivity index (χ0) is 12.3. The molecule has 1 unspecified atom stereocenters. The SMILES string of the molecule is CC(N)CC(=O)N1CCC(N2CCCC2)CC1. The lowest BCUT2D eigenvalue weighted by Gasteiger charge is -2.36. The highest BCUT2D eigenvalue weighted by Gasteiger charge is 2.28. The van der Waals surface area contributed by atoms with Gasteiger partial charge in [-0.15, -0.1) is 0 Å². The molecule has 0 aliphatic carbocycles. The van der Waals surface area contributed by atoms with E-state index in [1.54, 1.807) is 0 Å². The number of carbonyl (C=O) groups is 1. The van der Waals surface area contributed by atoms with E-state index >= 15 is 0 Å². The fourth-order valence-electron chi connectivity index (χ4n) is 2.99. The van der Waals surface area contributed by atoms with Crippen LogP contribution in [0.2, 0.25) is 0 Å². The van der Waals surface area contributed by atoms with Gasteiger partial charge < -0.3 is 15.5 Å². The van der Waals surface area contributed by atoms with Crippen LogP contribution in [0.1, 0.15) is 39.0 Å². The van der Waals surface area contributed by atoms with Crippen molar-refractivity contribution in [3.8, 4) is 0 Å². The first-order chi connectivity index (χ1) is 8.16. The molecule has 2 aliphatic rings. The van der Waals surface area contributed by atoms with Crippen molar-refractivity contribution >= 4 is 5.91 Å². The average Bonchev–Trinajstić information content (AvgIpc) is 2.82. The van der Waals surface area contributed by atoms with Gasteiger partial charge in [0.25, 0.3) is 0 Å². The Kier molecular flexibility index (Phi) is 4.40. The van der Waals surface area contributed by atoms with E-state index in [0.717, 1.165) is 32.0 Å². The molecule has 0 aromatic heterocycles. The van der Waals surface area contributed by atoms with Gasteiger partial charge in [-0.1, -0.05) is 0 Å². The number of amides is 1. The summed E-state index contributed by atoms with van der Waals surface area (Å²) in [6.07, 6.45) is 5.48. The zero-order valence-electron chi connectivity index (χ0n) is 10.9. The molecule has 17 heavy (non-hydrogen) atoms. The molecule has 0 radical (unpaired) electrons. The van der Waals surface area contributed by atoms with Crippen molar-refractivity contribution in [2.24, 2.45) is 5.73 Å². The quantitative estimate of drug-likeness (QED) is 0.793. The highest BCUT2D eigenvalue weighted by atomic mass is 16.2. The van der Waals surface area contributed by atoms with E-state index in [-0.39, 0.29) is 11.9 Å². The Labute approximate surface area is 104 Å². The summed E-state index contributed by atoms with van der Waals surface area (Å²) >= 11 is 0. The maximum absolute atomic E-state index is 11.9. The monoisotopic (exact) mass is 239 g/mol. The number of hydrogen-bond donors (Lipinski definition) is 1. The van der Waals surface area contributed by atoms with E-state index in [0.29, 0.717) is 6.42 Å². The number of piperidine rings is 1. The largest absolute Gasteiger partial charge is 0.343 e. The number of nitrogens with two attached hydrogens (primary N) is 1. The molecule has 2 fully saturated rings. The number of carbonyl (C=O) groups excluding carboxylic acids is 1. The van der Waals surface area contributed by atoms with Crippen LogP contribution in [0.4, 0.5) is 0 Å². The molecule has 2 heterocycles. The molecule has 0 aromatic rings. The van der Waals surface area contributed by atoms with Gasteiger partial charge in [-0.25, -0.2) is 0 Å². The van der Waals surface area contributed by atoms with Crippen LogP contribution in [0.15, 0.2) is 0 Å². The summed E-state index contributed by atoms with van der Waals surface area (Å²) in [5.74, 6) is 0.236. The third-order valence-electron chi connectivity index (χ3n) is 3.97. The Morgan fingerprint density at radius 1 is 1.24 bits per heavy atom. The van der Waals surface area contributed by atoms with Crippen molar-refractivity contribution in [2.45, 2.75) is 51.1 Å². The first kappa shape index (κ1) is 12.8. The van der Waals surface area contributed by atoms with E-state index in [9.17, 15) is 4.79 Å². The lowest BCUT2D eigenvalue weighted by molar-refractivity contribution is -0.133. The molecule has 2 aliphatic heterocycles. The molecule has 0 saturated carbocycles. The second kappa shape index (κ2) is 5.83. The highest BCUT2D eigenvalue weighted by molar-refractivity contribution is 5.76. The number of likely N-dealkylation sites (tertiary alicyclic amines) is 2. The van der Waals surface area contributed by atoms with Gasteiger partial charge in [0.15, 0.2) is 0 Å². The minimum absolute atomic E-state index is 0.0150. The first-order valence-corrected chi connectivity index (χ1v) is 6.94. The van der Waals surface area contributed by atoms with E-state index < -0.39 is 0 Å². The molecule has 98 valence electrons. The normalized spacial score (nSPS) is 25.2. The second-order valence-electron chi connectivity index (χ2n) is 5.54. The predicted octanol–water partition coefficient (Wildman–Crippen LogP) is 0.811. The number of hydrogen-bond acceptors (Lipinski definition) is 3. The number of nitrogens with zero attached hydrogens (tertiary/aromatic N) is 2. The van der Waals surface area contributed by atoms with E-state index in [1.807, 2.05) is 11.8 Å². The summed E-state index contributed by atoms with van der Waals surface area (Å²) in [5, 5.41) is 0. The Hall–Kier alpha value is -0.610. The summed E-state index contributed by atoms with van der Waals surface area (Å²) in [5.41, 5.74) is 5.67. The molecule has 0 aromatic carbocycles. The van der Waals surface area contributed by atoms with Crippen LogP contribution in [0, 0.1) is 0 Å². The molecule has 4 heteroatoms. The van der Waals surface area contributed by atoms with Crippen LogP contribution in [0.3, 0.4) is 0 Å². The van der Waals surface area contributed by atoms with Crippen LogP contribution in [0.5, 0.6) is 0 Å². The van der Waals surface area contributed by atoms with Crippen molar-refractivity contribution in [2.75, 3.05) is 26.2 Å². The summed E-state index contributed by atoms with van der Waals surface area (Å²) in [4.78, 5) is 16.5. The van der Waals surface area contributed by atoms with Crippen LogP contribution in [0.25, 0.3) is 0 Å². The maximum atomic E-state index is 11.9. The fourth-order valence-corrected chi connectivity index (χ4v) is 2.99. The Bertz CT molecular complexity index is 253. The van der Waals surface area contributed by atoms with Crippen molar-refractivity contribution in [1.82, 2.24) is 9.80 Å². The maximum Gasteiger partial charge on any atom is 0.224 e. The Morgan fingerprint density at radius 2 is 1.82 bits per heavy atom. The molecule has 2 saturated heterocycles. The third kappa shape index (κ3) is 3.42. The minimum atomic E-state index is -0.0150. The van der Waals surface area contributed by atoms with E-state index in [1.165, 1.54) is 25.9 Å². The van der Waals surface area contributed by atoms with Gasteiger partial charge in [-0.3, -0.25) is 4.79 Å². The lowest BCUT2D eigenvalue weighted by Crippen LogP contribution is -2.46.